The maximum Gasteiger partial charge on any atom is 0.434 e. The molecular weight excluding hydrogens is 496 g/mol. The number of hydrogen-bond acceptors (Lipinski definition) is 7. The van der Waals surface area contributed by atoms with Crippen molar-refractivity contribution in [1.29, 1.82) is 0 Å². The van der Waals surface area contributed by atoms with Crippen LogP contribution in [-0.4, -0.2) is 38.4 Å². The number of pyridine rings is 2. The second-order valence-electron chi connectivity index (χ2n) is 6.21. The molecule has 0 fully saturated rings. The summed E-state index contributed by atoms with van der Waals surface area (Å²) in [5.74, 6) is -1.22. The van der Waals surface area contributed by atoms with Crippen molar-refractivity contribution in [3.8, 4) is 5.82 Å². The Kier molecular flexibility index (Phi) is 5.95. The second-order valence-corrected chi connectivity index (χ2v) is 7.41. The van der Waals surface area contributed by atoms with Gasteiger partial charge in [0.25, 0.3) is 5.91 Å². The van der Waals surface area contributed by atoms with Crippen LogP contribution < -0.4 is 15.9 Å². The van der Waals surface area contributed by atoms with Crippen LogP contribution in [0.2, 0.25) is 15.2 Å². The molecule has 3 aromatic heterocycles. The second kappa shape index (κ2) is 8.54. The molecule has 0 spiro atoms. The molecule has 0 radical (unpaired) electrons. The van der Waals surface area contributed by atoms with Crippen molar-refractivity contribution in [3.63, 3.8) is 0 Å². The van der Waals surface area contributed by atoms with E-state index in [0.29, 0.717) is 11.2 Å². The lowest BCUT2D eigenvalue weighted by molar-refractivity contribution is -0.143. The molecule has 2 N–H and O–H groups in total. The van der Waals surface area contributed by atoms with E-state index in [2.05, 4.69) is 30.9 Å². The van der Waals surface area contributed by atoms with Gasteiger partial charge in [-0.3, -0.25) is 4.79 Å². The monoisotopic (exact) mass is 504 g/mol. The molecule has 0 unspecified atom stereocenters. The summed E-state index contributed by atoms with van der Waals surface area (Å²) in [4.78, 5) is 20.5. The molecule has 15 heteroatoms. The fraction of sp³-hybridized carbons (Fsp3) is 0.118. The van der Waals surface area contributed by atoms with E-state index in [1.807, 2.05) is 0 Å². The molecule has 0 saturated carbocycles. The van der Waals surface area contributed by atoms with Crippen LogP contribution in [0.4, 0.5) is 24.7 Å². The molecule has 3 aromatic rings. The molecule has 4 rings (SSSR count). The molecule has 4 heterocycles. The smallest absolute Gasteiger partial charge is 0.320 e. The lowest BCUT2D eigenvalue weighted by atomic mass is 10.2. The molecule has 1 aliphatic rings. The zero-order chi connectivity index (χ0) is 23.0. The van der Waals surface area contributed by atoms with Gasteiger partial charge in [-0.25, -0.2) is 20.1 Å². The molecule has 1 aliphatic heterocycles. The number of nitrogens with one attached hydrogen (secondary N) is 2. The summed E-state index contributed by atoms with van der Waals surface area (Å²) in [6.45, 7) is 0.478. The van der Waals surface area contributed by atoms with E-state index >= 15 is 0 Å². The zero-order valence-corrected chi connectivity index (χ0v) is 17.8. The van der Waals surface area contributed by atoms with Crippen LogP contribution in [0, 0.1) is 0 Å². The minimum absolute atomic E-state index is 0.0618. The highest BCUT2D eigenvalue weighted by Crippen LogP contribution is 2.35. The van der Waals surface area contributed by atoms with E-state index in [4.69, 9.17) is 34.8 Å². The van der Waals surface area contributed by atoms with Crippen molar-refractivity contribution in [1.82, 2.24) is 25.2 Å². The molecule has 0 atom stereocenters. The number of amides is 1. The highest BCUT2D eigenvalue weighted by molar-refractivity contribution is 6.33. The highest BCUT2D eigenvalue weighted by Gasteiger charge is 2.41. The van der Waals surface area contributed by atoms with Crippen LogP contribution in [0.25, 0.3) is 5.82 Å². The normalized spacial score (nSPS) is 13.6. The first-order chi connectivity index (χ1) is 15.1. The Morgan fingerprint density at radius 3 is 2.56 bits per heavy atom. The number of halogens is 6. The van der Waals surface area contributed by atoms with E-state index in [0.717, 1.165) is 6.20 Å². The van der Waals surface area contributed by atoms with Gasteiger partial charge in [-0.05, 0) is 18.2 Å². The largest absolute Gasteiger partial charge is 0.434 e. The zero-order valence-electron chi connectivity index (χ0n) is 15.5. The number of carbonyl (C=O) groups is 1. The van der Waals surface area contributed by atoms with E-state index < -0.39 is 23.3 Å². The maximum atomic E-state index is 13.8. The van der Waals surface area contributed by atoms with Gasteiger partial charge in [0.2, 0.25) is 0 Å². The van der Waals surface area contributed by atoms with Gasteiger partial charge in [0.05, 0.1) is 40.2 Å². The number of alkyl halides is 3. The van der Waals surface area contributed by atoms with Gasteiger partial charge in [0.15, 0.2) is 17.3 Å². The minimum Gasteiger partial charge on any atom is -0.320 e. The number of hydrazine groups is 1. The molecule has 9 nitrogen and oxygen atoms in total. The lowest BCUT2D eigenvalue weighted by Crippen LogP contribution is -2.29. The maximum absolute atomic E-state index is 13.8. The molecule has 0 bridgehead atoms. The van der Waals surface area contributed by atoms with Crippen LogP contribution in [0.5, 0.6) is 0 Å². The van der Waals surface area contributed by atoms with Crippen molar-refractivity contribution < 1.29 is 18.0 Å². The van der Waals surface area contributed by atoms with Crippen molar-refractivity contribution in [2.45, 2.75) is 6.18 Å². The molecule has 166 valence electrons. The van der Waals surface area contributed by atoms with E-state index in [1.54, 1.807) is 6.21 Å². The molecule has 1 amide bonds. The average molecular weight is 506 g/mol. The van der Waals surface area contributed by atoms with Crippen LogP contribution in [0.1, 0.15) is 16.1 Å². The van der Waals surface area contributed by atoms with Gasteiger partial charge in [0.1, 0.15) is 5.15 Å². The Morgan fingerprint density at radius 2 is 1.91 bits per heavy atom. The Labute approximate surface area is 192 Å². The number of aromatic nitrogens is 4. The van der Waals surface area contributed by atoms with Gasteiger partial charge in [-0.1, -0.05) is 34.8 Å². The van der Waals surface area contributed by atoms with Crippen LogP contribution in [-0.2, 0) is 6.18 Å². The van der Waals surface area contributed by atoms with Crippen LogP contribution >= 0.6 is 34.8 Å². The summed E-state index contributed by atoms with van der Waals surface area (Å²) in [5.41, 5.74) is 0.788. The van der Waals surface area contributed by atoms with Crippen molar-refractivity contribution >= 4 is 58.4 Å². The Hall–Kier alpha value is -2.93. The summed E-state index contributed by atoms with van der Waals surface area (Å²) in [6, 6.07) is 3.90. The third-order valence-electron chi connectivity index (χ3n) is 4.09. The number of anilines is 2. The van der Waals surface area contributed by atoms with Gasteiger partial charge < -0.3 is 5.32 Å². The van der Waals surface area contributed by atoms with E-state index in [-0.39, 0.29) is 32.5 Å². The Morgan fingerprint density at radius 1 is 1.12 bits per heavy atom. The average Bonchev–Trinajstić information content (AvgIpc) is 3.39. The molecule has 0 aliphatic carbocycles. The number of carbonyl (C=O) groups excluding carboxylic acids is 1. The number of hydrazone groups is 1. The standard InChI is InChI=1S/C17H10Cl3F3N8O/c18-10-1-2-12(20)29-15(10)30-13(17(21,22)23)9(7-27-30)16(32)28-8-5-11(19)14(24-6-8)31-25-3-4-26-31/h1-3,5-7,26H,4H2,(H,28,32). The summed E-state index contributed by atoms with van der Waals surface area (Å²) in [7, 11) is 0. The Bertz CT molecular complexity index is 1230. The number of hydrogen-bond donors (Lipinski definition) is 2. The van der Waals surface area contributed by atoms with Crippen molar-refractivity contribution in [2.24, 2.45) is 5.10 Å². The predicted molar refractivity (Wildman–Crippen MR) is 113 cm³/mol. The quantitative estimate of drug-likeness (QED) is 0.516. The summed E-state index contributed by atoms with van der Waals surface area (Å²) in [5, 5.41) is 11.2. The number of rotatable bonds is 4. The van der Waals surface area contributed by atoms with Crippen molar-refractivity contribution in [2.75, 3.05) is 17.0 Å². The molecule has 0 saturated heterocycles. The third-order valence-corrected chi connectivity index (χ3v) is 4.87. The van der Waals surface area contributed by atoms with Gasteiger partial charge in [-0.2, -0.15) is 28.5 Å². The first-order valence-electron chi connectivity index (χ1n) is 8.66. The summed E-state index contributed by atoms with van der Waals surface area (Å²) >= 11 is 17.9. The van der Waals surface area contributed by atoms with E-state index in [1.165, 1.54) is 29.5 Å². The Balaban J connectivity index is 1.67. The molecule has 0 aromatic carbocycles. The van der Waals surface area contributed by atoms with E-state index in [9.17, 15) is 18.0 Å². The van der Waals surface area contributed by atoms with Crippen LogP contribution in [0.3, 0.4) is 0 Å². The van der Waals surface area contributed by atoms with Gasteiger partial charge >= 0.3 is 6.18 Å². The predicted octanol–water partition coefficient (Wildman–Crippen LogP) is 4.20. The fourth-order valence-corrected chi connectivity index (χ4v) is 3.35. The van der Waals surface area contributed by atoms with Crippen molar-refractivity contribution in [3.05, 3.63) is 57.0 Å². The fourth-order valence-electron chi connectivity index (χ4n) is 2.78. The first kappa shape index (κ1) is 22.3. The summed E-state index contributed by atoms with van der Waals surface area (Å²) in [6.07, 6.45) is -1.40. The topological polar surface area (TPSA) is 100 Å². The summed E-state index contributed by atoms with van der Waals surface area (Å²) < 4.78 is 41.9. The highest BCUT2D eigenvalue weighted by atomic mass is 35.5. The first-order valence-corrected chi connectivity index (χ1v) is 9.79. The number of nitrogens with zero attached hydrogens (tertiary/aromatic N) is 6. The molecular formula is C17H10Cl3F3N8O. The third kappa shape index (κ3) is 4.35. The van der Waals surface area contributed by atoms with Gasteiger partial charge in [-0.15, -0.1) is 0 Å². The lowest BCUT2D eigenvalue weighted by Gasteiger charge is -2.15. The van der Waals surface area contributed by atoms with Crippen LogP contribution in [0.15, 0.2) is 35.7 Å². The molecule has 32 heavy (non-hydrogen) atoms. The van der Waals surface area contributed by atoms with Gasteiger partial charge in [0, 0.05) is 6.21 Å². The minimum atomic E-state index is -4.96. The SMILES string of the molecule is O=C(Nc1cnc(N2N=CCN2)c(Cl)c1)c1cnn(-c2nc(Cl)ccc2Cl)c1C(F)(F)F.